The zero-order chi connectivity index (χ0) is 20.4. The van der Waals surface area contributed by atoms with Gasteiger partial charge in [-0.2, -0.15) is 0 Å². The predicted molar refractivity (Wildman–Crippen MR) is 125 cm³/mol. The Morgan fingerprint density at radius 3 is 1.71 bits per heavy atom. The van der Waals surface area contributed by atoms with Gasteiger partial charge >= 0.3 is 5.97 Å². The maximum Gasteiger partial charge on any atom is 0.333 e. The van der Waals surface area contributed by atoms with Crippen LogP contribution in [-0.2, 0) is 9.53 Å². The first-order valence-corrected chi connectivity index (χ1v) is 11.5. The van der Waals surface area contributed by atoms with Gasteiger partial charge < -0.3 is 10.1 Å². The van der Waals surface area contributed by atoms with Gasteiger partial charge in [-0.15, -0.1) is 12.4 Å². The van der Waals surface area contributed by atoms with Gasteiger partial charge in [0.05, 0.1) is 0 Å². The lowest BCUT2D eigenvalue weighted by Crippen LogP contribution is -2.41. The number of unbranched alkanes of at least 4 members (excludes halogenated alkanes) is 12. The average Bonchev–Trinajstić information content (AvgIpc) is 2.62. The summed E-state index contributed by atoms with van der Waals surface area (Å²) in [6.07, 6.45) is 19.3. The molecule has 1 N–H and O–H groups in total. The highest BCUT2D eigenvalue weighted by molar-refractivity contribution is 5.86. The normalized spacial score (nSPS) is 11.1. The molecule has 0 aliphatic rings. The van der Waals surface area contributed by atoms with Crippen molar-refractivity contribution in [1.29, 1.82) is 0 Å². The molecule has 0 amide bonds. The van der Waals surface area contributed by atoms with E-state index in [1.165, 1.54) is 89.9 Å². The highest BCUT2D eigenvalue weighted by Gasteiger charge is 2.16. The van der Waals surface area contributed by atoms with Crippen LogP contribution in [0.4, 0.5) is 0 Å². The topological polar surface area (TPSA) is 38.3 Å². The lowest BCUT2D eigenvalue weighted by molar-refractivity contribution is -0.138. The molecule has 0 bridgehead atoms. The van der Waals surface area contributed by atoms with E-state index in [2.05, 4.69) is 32.7 Å². The van der Waals surface area contributed by atoms with E-state index in [0.717, 1.165) is 0 Å². The molecule has 168 valence electrons. The van der Waals surface area contributed by atoms with E-state index in [-0.39, 0.29) is 23.9 Å². The fraction of sp³-hybridized carbons (Fsp3) is 0.875. The van der Waals surface area contributed by atoms with Gasteiger partial charge in [-0.3, -0.25) is 0 Å². The van der Waals surface area contributed by atoms with Crippen LogP contribution < -0.4 is 5.32 Å². The first-order valence-electron chi connectivity index (χ1n) is 11.5. The zero-order valence-electron chi connectivity index (χ0n) is 19.2. The summed E-state index contributed by atoms with van der Waals surface area (Å²) in [5.41, 5.74) is 0.564. The minimum atomic E-state index is -0.300. The summed E-state index contributed by atoms with van der Waals surface area (Å²) in [5.74, 6) is -0.300. The van der Waals surface area contributed by atoms with Gasteiger partial charge in [0, 0.05) is 17.7 Å². The van der Waals surface area contributed by atoms with Crippen molar-refractivity contribution in [2.45, 2.75) is 123 Å². The fourth-order valence-electron chi connectivity index (χ4n) is 3.33. The van der Waals surface area contributed by atoms with Crippen LogP contribution in [0.15, 0.2) is 12.2 Å². The van der Waals surface area contributed by atoms with E-state index in [0.29, 0.717) is 18.7 Å². The lowest BCUT2D eigenvalue weighted by atomic mass is 9.96. The summed E-state index contributed by atoms with van der Waals surface area (Å²) in [5, 5.41) is 3.49. The average molecular weight is 418 g/mol. The molecule has 0 aromatic rings. The number of ether oxygens (including phenoxy) is 1. The quantitative estimate of drug-likeness (QED) is 0.135. The number of carbonyl (C=O) groups is 1. The monoisotopic (exact) mass is 417 g/mol. The molecule has 0 spiro atoms. The van der Waals surface area contributed by atoms with E-state index in [1.54, 1.807) is 6.92 Å². The van der Waals surface area contributed by atoms with Crippen LogP contribution in [0.5, 0.6) is 0 Å². The number of halogens is 1. The van der Waals surface area contributed by atoms with Crippen molar-refractivity contribution in [3.05, 3.63) is 12.2 Å². The third kappa shape index (κ3) is 20.2. The van der Waals surface area contributed by atoms with Crippen molar-refractivity contribution >= 4 is 18.4 Å². The van der Waals surface area contributed by atoms with Gasteiger partial charge in [0.25, 0.3) is 0 Å². The number of esters is 1. The second-order valence-electron chi connectivity index (χ2n) is 8.72. The minimum absolute atomic E-state index is 0. The van der Waals surface area contributed by atoms with Gasteiger partial charge in [-0.05, 0) is 27.2 Å². The third-order valence-electron chi connectivity index (χ3n) is 5.19. The van der Waals surface area contributed by atoms with Crippen molar-refractivity contribution in [2.75, 3.05) is 13.2 Å². The molecule has 0 aliphatic heterocycles. The van der Waals surface area contributed by atoms with E-state index in [1.807, 2.05) is 0 Å². The number of rotatable bonds is 19. The molecule has 28 heavy (non-hydrogen) atoms. The molecule has 0 radical (unpaired) electrons. The van der Waals surface area contributed by atoms with Crippen molar-refractivity contribution in [3.63, 3.8) is 0 Å². The maximum atomic E-state index is 11.3. The van der Waals surface area contributed by atoms with E-state index in [4.69, 9.17) is 4.74 Å². The summed E-state index contributed by atoms with van der Waals surface area (Å²) >= 11 is 0. The summed E-state index contributed by atoms with van der Waals surface area (Å²) in [6, 6.07) is 0. The van der Waals surface area contributed by atoms with Crippen molar-refractivity contribution in [1.82, 2.24) is 5.32 Å². The summed E-state index contributed by atoms with van der Waals surface area (Å²) < 4.78 is 5.12. The molecule has 4 heteroatoms. The molecule has 0 saturated carbocycles. The molecule has 0 saturated heterocycles. The molecule has 0 rings (SSSR count). The Morgan fingerprint density at radius 1 is 0.857 bits per heavy atom. The number of carbonyl (C=O) groups excluding carboxylic acids is 1. The number of hydrogen-bond donors (Lipinski definition) is 1. The van der Waals surface area contributed by atoms with Crippen LogP contribution in [0.25, 0.3) is 0 Å². The molecular weight excluding hydrogens is 370 g/mol. The summed E-state index contributed by atoms with van der Waals surface area (Å²) in [4.78, 5) is 11.3. The van der Waals surface area contributed by atoms with E-state index < -0.39 is 0 Å². The molecule has 3 nitrogen and oxygen atoms in total. The van der Waals surface area contributed by atoms with Gasteiger partial charge in [0.2, 0.25) is 0 Å². The van der Waals surface area contributed by atoms with Crippen molar-refractivity contribution < 1.29 is 9.53 Å². The molecule has 0 aromatic carbocycles. The van der Waals surface area contributed by atoms with Crippen molar-refractivity contribution in [3.8, 4) is 0 Å². The molecule has 0 fully saturated rings. The van der Waals surface area contributed by atoms with Crippen LogP contribution in [-0.4, -0.2) is 24.7 Å². The van der Waals surface area contributed by atoms with Crippen LogP contribution in [0.3, 0.4) is 0 Å². The molecule has 0 heterocycles. The fourth-order valence-corrected chi connectivity index (χ4v) is 3.33. The first kappa shape index (κ1) is 29.7. The SMILES string of the molecule is C=C(C)C(=O)OCCNC(C)(C)CCCCCCCCCCCCCCC.Cl. The number of nitrogens with one attached hydrogen (secondary N) is 1. The minimum Gasteiger partial charge on any atom is -0.461 e. The second kappa shape index (κ2) is 19.8. The van der Waals surface area contributed by atoms with Crippen LogP contribution >= 0.6 is 12.4 Å². The highest BCUT2D eigenvalue weighted by Crippen LogP contribution is 2.16. The lowest BCUT2D eigenvalue weighted by Gasteiger charge is -2.26. The van der Waals surface area contributed by atoms with Gasteiger partial charge in [-0.1, -0.05) is 97.0 Å². The first-order chi connectivity index (χ1) is 12.9. The van der Waals surface area contributed by atoms with Gasteiger partial charge in [-0.25, -0.2) is 4.79 Å². The van der Waals surface area contributed by atoms with Crippen LogP contribution in [0, 0.1) is 0 Å². The second-order valence-corrected chi connectivity index (χ2v) is 8.72. The molecule has 0 atom stereocenters. The van der Waals surface area contributed by atoms with E-state index in [9.17, 15) is 4.79 Å². The highest BCUT2D eigenvalue weighted by atomic mass is 35.5. The molecule has 0 unspecified atom stereocenters. The van der Waals surface area contributed by atoms with E-state index >= 15 is 0 Å². The molecular formula is C24H48ClNO2. The predicted octanol–water partition coefficient (Wildman–Crippen LogP) is 7.38. The maximum absolute atomic E-state index is 11.3. The Balaban J connectivity index is 0. The van der Waals surface area contributed by atoms with Crippen molar-refractivity contribution in [2.24, 2.45) is 0 Å². The summed E-state index contributed by atoms with van der Waals surface area (Å²) in [6.45, 7) is 13.1. The Hall–Kier alpha value is -0.540. The smallest absolute Gasteiger partial charge is 0.333 e. The van der Waals surface area contributed by atoms with Crippen LogP contribution in [0.1, 0.15) is 118 Å². The van der Waals surface area contributed by atoms with Gasteiger partial charge in [0.1, 0.15) is 6.61 Å². The largest absolute Gasteiger partial charge is 0.461 e. The van der Waals surface area contributed by atoms with Crippen LogP contribution in [0.2, 0.25) is 0 Å². The zero-order valence-corrected chi connectivity index (χ0v) is 20.1. The Morgan fingerprint density at radius 2 is 1.29 bits per heavy atom. The molecule has 0 aliphatic carbocycles. The Kier molecular flexibility index (Phi) is 20.9. The summed E-state index contributed by atoms with van der Waals surface area (Å²) in [7, 11) is 0. The molecule has 0 aromatic heterocycles. The Bertz CT molecular complexity index is 383. The Labute approximate surface area is 181 Å². The third-order valence-corrected chi connectivity index (χ3v) is 5.19. The standard InChI is InChI=1S/C24H47NO2.ClH/c1-6-7-8-9-10-11-12-13-14-15-16-17-18-19-24(4,5)25-20-21-27-23(26)22(2)3;/h25H,2,6-21H2,1,3-5H3;1H. The van der Waals surface area contributed by atoms with Gasteiger partial charge in [0.15, 0.2) is 0 Å². The number of hydrogen-bond acceptors (Lipinski definition) is 3.